The number of guanidine groups is 1. The van der Waals surface area contributed by atoms with Crippen molar-refractivity contribution in [3.8, 4) is 11.5 Å². The lowest BCUT2D eigenvalue weighted by atomic mass is 10.0. The van der Waals surface area contributed by atoms with Crippen LogP contribution in [0, 0.1) is 5.92 Å². The van der Waals surface area contributed by atoms with Gasteiger partial charge in [-0.1, -0.05) is 26.0 Å². The number of aliphatic imine (C=N–C) groups is 1. The fourth-order valence-electron chi connectivity index (χ4n) is 3.66. The molecule has 27 heavy (non-hydrogen) atoms. The van der Waals surface area contributed by atoms with Gasteiger partial charge in [0.25, 0.3) is 0 Å². The molecule has 2 aliphatic rings. The van der Waals surface area contributed by atoms with E-state index in [1.165, 1.54) is 25.9 Å². The van der Waals surface area contributed by atoms with Gasteiger partial charge in [-0.25, -0.2) is 0 Å². The van der Waals surface area contributed by atoms with E-state index in [2.05, 4.69) is 34.4 Å². The molecule has 2 aliphatic heterocycles. The van der Waals surface area contributed by atoms with E-state index < -0.39 is 0 Å². The smallest absolute Gasteiger partial charge is 0.191 e. The minimum atomic E-state index is -0.0251. The number of nitrogens with one attached hydrogen (secondary N) is 2. The molecular formula is C20H33IN4O2. The van der Waals surface area contributed by atoms with Crippen molar-refractivity contribution < 1.29 is 9.47 Å². The first-order valence-electron chi connectivity index (χ1n) is 9.74. The Bertz CT molecular complexity index is 605. The van der Waals surface area contributed by atoms with E-state index in [-0.39, 0.29) is 30.1 Å². The van der Waals surface area contributed by atoms with Gasteiger partial charge < -0.3 is 20.1 Å². The van der Waals surface area contributed by atoms with Crippen LogP contribution in [0.5, 0.6) is 11.5 Å². The summed E-state index contributed by atoms with van der Waals surface area (Å²) in [5.41, 5.74) is 0. The lowest BCUT2D eigenvalue weighted by Gasteiger charge is -2.32. The van der Waals surface area contributed by atoms with Crippen molar-refractivity contribution in [3.63, 3.8) is 0 Å². The van der Waals surface area contributed by atoms with Crippen molar-refractivity contribution >= 4 is 29.9 Å². The summed E-state index contributed by atoms with van der Waals surface area (Å²) in [6.45, 7) is 9.12. The van der Waals surface area contributed by atoms with E-state index in [9.17, 15) is 0 Å². The molecule has 1 saturated heterocycles. The summed E-state index contributed by atoms with van der Waals surface area (Å²) in [5.74, 6) is 3.06. The summed E-state index contributed by atoms with van der Waals surface area (Å²) >= 11 is 0. The zero-order valence-corrected chi connectivity index (χ0v) is 18.9. The van der Waals surface area contributed by atoms with Gasteiger partial charge in [-0.3, -0.25) is 9.89 Å². The molecule has 0 bridgehead atoms. The maximum atomic E-state index is 5.99. The second-order valence-electron chi connectivity index (χ2n) is 7.39. The number of benzene rings is 1. The average Bonchev–Trinajstić information content (AvgIpc) is 3.18. The van der Waals surface area contributed by atoms with E-state index in [0.717, 1.165) is 24.0 Å². The molecule has 1 aromatic carbocycles. The van der Waals surface area contributed by atoms with Crippen LogP contribution in [0.15, 0.2) is 29.3 Å². The Morgan fingerprint density at radius 3 is 2.56 bits per heavy atom. The third kappa shape index (κ3) is 6.14. The third-order valence-corrected chi connectivity index (χ3v) is 5.15. The van der Waals surface area contributed by atoms with Gasteiger partial charge in [0, 0.05) is 19.6 Å². The Hall–Kier alpha value is -1.22. The summed E-state index contributed by atoms with van der Waals surface area (Å²) in [4.78, 5) is 6.95. The first-order chi connectivity index (χ1) is 12.7. The van der Waals surface area contributed by atoms with E-state index >= 15 is 0 Å². The molecule has 2 N–H and O–H groups in total. The standard InChI is InChI=1S/C20H32N4O2.HI/c1-15(2)17(24-10-6-7-11-24)13-23-20(21-3)22-12-16-14-25-18-8-4-5-9-19(18)26-16;/h4-5,8-9,15-17H,6-7,10-14H2,1-3H3,(H2,21,22,23);1H. The molecule has 3 rings (SSSR count). The zero-order chi connectivity index (χ0) is 18.4. The Morgan fingerprint density at radius 1 is 1.19 bits per heavy atom. The lowest BCUT2D eigenvalue weighted by molar-refractivity contribution is 0.0935. The second-order valence-corrected chi connectivity index (χ2v) is 7.39. The predicted molar refractivity (Wildman–Crippen MR) is 121 cm³/mol. The highest BCUT2D eigenvalue weighted by atomic mass is 127. The maximum Gasteiger partial charge on any atom is 0.191 e. The van der Waals surface area contributed by atoms with Crippen molar-refractivity contribution in [3.05, 3.63) is 24.3 Å². The minimum absolute atomic E-state index is 0. The van der Waals surface area contributed by atoms with Crippen LogP contribution in [0.2, 0.25) is 0 Å². The van der Waals surface area contributed by atoms with Crippen LogP contribution in [-0.2, 0) is 0 Å². The van der Waals surface area contributed by atoms with Crippen LogP contribution in [0.4, 0.5) is 0 Å². The maximum absolute atomic E-state index is 5.99. The minimum Gasteiger partial charge on any atom is -0.486 e. The molecule has 1 aromatic rings. The summed E-state index contributed by atoms with van der Waals surface area (Å²) in [7, 11) is 1.81. The molecule has 0 saturated carbocycles. The molecule has 1 fully saturated rings. The number of ether oxygens (including phenoxy) is 2. The number of rotatable bonds is 6. The number of hydrogen-bond acceptors (Lipinski definition) is 4. The van der Waals surface area contributed by atoms with Gasteiger partial charge in [0.2, 0.25) is 0 Å². The van der Waals surface area contributed by atoms with Crippen molar-refractivity contribution in [2.75, 3.05) is 39.8 Å². The van der Waals surface area contributed by atoms with Gasteiger partial charge in [0.15, 0.2) is 17.5 Å². The predicted octanol–water partition coefficient (Wildman–Crippen LogP) is 2.73. The number of halogens is 1. The van der Waals surface area contributed by atoms with Gasteiger partial charge in [0.05, 0.1) is 6.54 Å². The van der Waals surface area contributed by atoms with Crippen molar-refractivity contribution in [2.45, 2.75) is 38.8 Å². The van der Waals surface area contributed by atoms with Crippen molar-refractivity contribution in [2.24, 2.45) is 10.9 Å². The van der Waals surface area contributed by atoms with Gasteiger partial charge >= 0.3 is 0 Å². The fraction of sp³-hybridized carbons (Fsp3) is 0.650. The Morgan fingerprint density at radius 2 is 1.89 bits per heavy atom. The zero-order valence-electron chi connectivity index (χ0n) is 16.6. The molecule has 152 valence electrons. The van der Waals surface area contributed by atoms with Crippen molar-refractivity contribution in [1.29, 1.82) is 0 Å². The van der Waals surface area contributed by atoms with Crippen LogP contribution in [0.25, 0.3) is 0 Å². The fourth-order valence-corrected chi connectivity index (χ4v) is 3.66. The summed E-state index contributed by atoms with van der Waals surface area (Å²) in [6.07, 6.45) is 2.61. The topological polar surface area (TPSA) is 58.1 Å². The van der Waals surface area contributed by atoms with Gasteiger partial charge in [-0.15, -0.1) is 24.0 Å². The van der Waals surface area contributed by atoms with Crippen LogP contribution < -0.4 is 20.1 Å². The van der Waals surface area contributed by atoms with Crippen LogP contribution in [-0.4, -0.2) is 62.8 Å². The highest BCUT2D eigenvalue weighted by Crippen LogP contribution is 2.30. The highest BCUT2D eigenvalue weighted by molar-refractivity contribution is 14.0. The van der Waals surface area contributed by atoms with Crippen LogP contribution >= 0.6 is 24.0 Å². The normalized spacial score (nSPS) is 20.9. The van der Waals surface area contributed by atoms with Crippen LogP contribution in [0.1, 0.15) is 26.7 Å². The highest BCUT2D eigenvalue weighted by Gasteiger charge is 2.25. The van der Waals surface area contributed by atoms with Crippen molar-refractivity contribution in [1.82, 2.24) is 15.5 Å². The van der Waals surface area contributed by atoms with E-state index in [0.29, 0.717) is 25.1 Å². The lowest BCUT2D eigenvalue weighted by Crippen LogP contribution is -2.50. The number of hydrogen-bond donors (Lipinski definition) is 2. The largest absolute Gasteiger partial charge is 0.486 e. The number of fused-ring (bicyclic) bond motifs is 1. The summed E-state index contributed by atoms with van der Waals surface area (Å²) < 4.78 is 11.8. The Labute approximate surface area is 180 Å². The molecule has 2 atom stereocenters. The van der Waals surface area contributed by atoms with Gasteiger partial charge in [0.1, 0.15) is 12.7 Å². The summed E-state index contributed by atoms with van der Waals surface area (Å²) in [6, 6.07) is 8.33. The van der Waals surface area contributed by atoms with Gasteiger partial charge in [-0.2, -0.15) is 0 Å². The third-order valence-electron chi connectivity index (χ3n) is 5.15. The molecular weight excluding hydrogens is 455 g/mol. The molecule has 2 heterocycles. The first kappa shape index (κ1) is 22.1. The monoisotopic (exact) mass is 488 g/mol. The van der Waals surface area contributed by atoms with E-state index in [1.807, 2.05) is 31.3 Å². The quantitative estimate of drug-likeness (QED) is 0.367. The van der Waals surface area contributed by atoms with E-state index in [4.69, 9.17) is 9.47 Å². The molecule has 0 spiro atoms. The number of nitrogens with zero attached hydrogens (tertiary/aromatic N) is 2. The molecule has 2 unspecified atom stereocenters. The molecule has 0 amide bonds. The second kappa shape index (κ2) is 10.9. The molecule has 0 aliphatic carbocycles. The molecule has 6 nitrogen and oxygen atoms in total. The number of para-hydroxylation sites is 2. The molecule has 7 heteroatoms. The SMILES string of the molecule is CN=C(NCC1COc2ccccc2O1)NCC(C(C)C)N1CCCC1.I. The Balaban J connectivity index is 0.00000261. The molecule has 0 aromatic heterocycles. The Kier molecular flexibility index (Phi) is 8.95. The van der Waals surface area contributed by atoms with E-state index in [1.54, 1.807) is 0 Å². The summed E-state index contributed by atoms with van der Waals surface area (Å²) in [5, 5.41) is 6.86. The molecule has 0 radical (unpaired) electrons. The first-order valence-corrected chi connectivity index (χ1v) is 9.74. The van der Waals surface area contributed by atoms with Crippen LogP contribution in [0.3, 0.4) is 0 Å². The number of likely N-dealkylation sites (tertiary alicyclic amines) is 1. The average molecular weight is 488 g/mol. The van der Waals surface area contributed by atoms with Gasteiger partial charge in [-0.05, 0) is 44.0 Å².